The maximum absolute atomic E-state index is 12.6. The molecule has 0 aliphatic carbocycles. The molecule has 1 aromatic carbocycles. The standard InChI is InChI=1S/C18H23N3O3S2/c1-13(2)17(22)16(12-19)18(25)20-14-6-8-15(9-7-14)26(23,24)21-10-4-3-5-11-21/h6-9,13,22H,3-5,10-11H2,1-2H3,(H,20,25). The van der Waals surface area contributed by atoms with Gasteiger partial charge in [0.2, 0.25) is 10.0 Å². The fourth-order valence-electron chi connectivity index (χ4n) is 2.67. The number of piperidine rings is 1. The summed E-state index contributed by atoms with van der Waals surface area (Å²) in [6.45, 7) is 4.62. The van der Waals surface area contributed by atoms with E-state index in [0.29, 0.717) is 18.8 Å². The van der Waals surface area contributed by atoms with E-state index in [1.54, 1.807) is 26.0 Å². The van der Waals surface area contributed by atoms with Crippen molar-refractivity contribution in [2.45, 2.75) is 38.0 Å². The molecule has 1 saturated heterocycles. The highest BCUT2D eigenvalue weighted by atomic mass is 32.2. The van der Waals surface area contributed by atoms with Gasteiger partial charge in [-0.25, -0.2) is 8.42 Å². The second kappa shape index (κ2) is 8.62. The van der Waals surface area contributed by atoms with Gasteiger partial charge in [0.05, 0.1) is 4.90 Å². The Balaban J connectivity index is 2.16. The largest absolute Gasteiger partial charge is 0.511 e. The molecular formula is C18H23N3O3S2. The van der Waals surface area contributed by atoms with Crippen LogP contribution in [0.1, 0.15) is 33.1 Å². The van der Waals surface area contributed by atoms with Gasteiger partial charge in [-0.2, -0.15) is 9.57 Å². The van der Waals surface area contributed by atoms with Crippen molar-refractivity contribution in [3.63, 3.8) is 0 Å². The lowest BCUT2D eigenvalue weighted by Gasteiger charge is -2.25. The van der Waals surface area contributed by atoms with Gasteiger partial charge in [0, 0.05) is 24.7 Å². The molecule has 26 heavy (non-hydrogen) atoms. The van der Waals surface area contributed by atoms with Crippen LogP contribution in [0, 0.1) is 17.2 Å². The van der Waals surface area contributed by atoms with Crippen LogP contribution in [0.25, 0.3) is 0 Å². The Bertz CT molecular complexity index is 831. The van der Waals surface area contributed by atoms with Crippen molar-refractivity contribution in [1.82, 2.24) is 4.31 Å². The average molecular weight is 394 g/mol. The number of thiocarbonyl (C=S) groups is 1. The summed E-state index contributed by atoms with van der Waals surface area (Å²) >= 11 is 5.18. The van der Waals surface area contributed by atoms with Crippen molar-refractivity contribution >= 4 is 32.9 Å². The van der Waals surface area contributed by atoms with Crippen LogP contribution in [0.15, 0.2) is 40.5 Å². The lowest BCUT2D eigenvalue weighted by atomic mass is 10.1. The molecule has 0 saturated carbocycles. The van der Waals surface area contributed by atoms with Crippen LogP contribution in [0.5, 0.6) is 0 Å². The molecule has 0 amide bonds. The molecule has 0 spiro atoms. The molecule has 1 aliphatic rings. The third-order valence-corrected chi connectivity index (χ3v) is 6.43. The van der Waals surface area contributed by atoms with E-state index in [9.17, 15) is 18.8 Å². The molecule has 140 valence electrons. The fourth-order valence-corrected chi connectivity index (χ4v) is 4.46. The number of nitriles is 1. The van der Waals surface area contributed by atoms with Gasteiger partial charge in [0.25, 0.3) is 0 Å². The minimum Gasteiger partial charge on any atom is -0.511 e. The predicted molar refractivity (Wildman–Crippen MR) is 105 cm³/mol. The van der Waals surface area contributed by atoms with Crippen LogP contribution in [-0.2, 0) is 10.0 Å². The van der Waals surface area contributed by atoms with Gasteiger partial charge < -0.3 is 10.4 Å². The molecule has 1 aromatic rings. The predicted octanol–water partition coefficient (Wildman–Crippen LogP) is 3.59. The van der Waals surface area contributed by atoms with E-state index in [-0.39, 0.29) is 27.1 Å². The van der Waals surface area contributed by atoms with Crippen molar-refractivity contribution in [2.24, 2.45) is 5.92 Å². The number of hydrogen-bond donors (Lipinski definition) is 2. The van der Waals surface area contributed by atoms with Crippen molar-refractivity contribution < 1.29 is 13.5 Å². The third-order valence-electron chi connectivity index (χ3n) is 4.21. The number of rotatable bonds is 5. The highest BCUT2D eigenvalue weighted by Gasteiger charge is 2.25. The molecule has 2 N–H and O–H groups in total. The number of aliphatic hydroxyl groups is 1. The molecule has 0 atom stereocenters. The van der Waals surface area contributed by atoms with Crippen molar-refractivity contribution in [3.05, 3.63) is 35.6 Å². The first-order valence-corrected chi connectivity index (χ1v) is 10.4. The van der Waals surface area contributed by atoms with Gasteiger partial charge in [0.15, 0.2) is 0 Å². The quantitative estimate of drug-likeness (QED) is 0.344. The molecule has 2 rings (SSSR count). The monoisotopic (exact) mass is 393 g/mol. The first-order valence-electron chi connectivity index (χ1n) is 8.52. The maximum atomic E-state index is 12.6. The Labute approximate surface area is 160 Å². The second-order valence-electron chi connectivity index (χ2n) is 6.47. The van der Waals surface area contributed by atoms with Gasteiger partial charge in [0.1, 0.15) is 22.4 Å². The fraction of sp³-hybridized carbons (Fsp3) is 0.444. The van der Waals surface area contributed by atoms with Crippen molar-refractivity contribution in [2.75, 3.05) is 18.4 Å². The van der Waals surface area contributed by atoms with E-state index < -0.39 is 10.0 Å². The summed E-state index contributed by atoms with van der Waals surface area (Å²) in [6.07, 6.45) is 2.83. The van der Waals surface area contributed by atoms with Crippen LogP contribution >= 0.6 is 12.2 Å². The van der Waals surface area contributed by atoms with E-state index in [1.165, 1.54) is 16.4 Å². The normalized spacial score (nSPS) is 16.7. The summed E-state index contributed by atoms with van der Waals surface area (Å²) in [5, 5.41) is 22.1. The minimum atomic E-state index is -3.48. The molecule has 1 fully saturated rings. The Morgan fingerprint density at radius 3 is 2.31 bits per heavy atom. The van der Waals surface area contributed by atoms with E-state index in [2.05, 4.69) is 5.32 Å². The summed E-state index contributed by atoms with van der Waals surface area (Å²) in [5.74, 6) is -0.296. The molecule has 1 aliphatic heterocycles. The molecule has 0 unspecified atom stereocenters. The molecule has 8 heteroatoms. The molecule has 1 heterocycles. The summed E-state index contributed by atoms with van der Waals surface area (Å²) in [5.41, 5.74) is 0.567. The number of allylic oxidation sites excluding steroid dienone is 1. The summed E-state index contributed by atoms with van der Waals surface area (Å²) in [6, 6.07) is 8.15. The molecule has 0 bridgehead atoms. The van der Waals surface area contributed by atoms with Crippen molar-refractivity contribution in [1.29, 1.82) is 5.26 Å². The van der Waals surface area contributed by atoms with Gasteiger partial charge in [-0.1, -0.05) is 32.5 Å². The Morgan fingerprint density at radius 2 is 1.81 bits per heavy atom. The third kappa shape index (κ3) is 4.61. The zero-order valence-electron chi connectivity index (χ0n) is 14.9. The number of aliphatic hydroxyl groups excluding tert-OH is 1. The minimum absolute atomic E-state index is 0.0139. The summed E-state index contributed by atoms with van der Waals surface area (Å²) in [4.78, 5) is 0.335. The highest BCUT2D eigenvalue weighted by Crippen LogP contribution is 2.22. The van der Waals surface area contributed by atoms with E-state index in [4.69, 9.17) is 12.2 Å². The molecule has 0 aromatic heterocycles. The first kappa shape index (κ1) is 20.4. The molecular weight excluding hydrogens is 370 g/mol. The average Bonchev–Trinajstić information content (AvgIpc) is 2.63. The van der Waals surface area contributed by atoms with Crippen LogP contribution in [-0.4, -0.2) is 35.9 Å². The first-order chi connectivity index (χ1) is 12.3. The summed E-state index contributed by atoms with van der Waals surface area (Å²) < 4.78 is 26.8. The number of nitrogens with zero attached hydrogens (tertiary/aromatic N) is 2. The lowest BCUT2D eigenvalue weighted by molar-refractivity contribution is 0.346. The molecule has 0 radical (unpaired) electrons. The van der Waals surface area contributed by atoms with Gasteiger partial charge >= 0.3 is 0 Å². The smallest absolute Gasteiger partial charge is 0.243 e. The zero-order chi connectivity index (χ0) is 19.3. The number of nitrogens with one attached hydrogen (secondary N) is 1. The number of hydrogen-bond acceptors (Lipinski definition) is 5. The van der Waals surface area contributed by atoms with Crippen LogP contribution in [0.4, 0.5) is 5.69 Å². The van der Waals surface area contributed by atoms with E-state index in [0.717, 1.165) is 19.3 Å². The van der Waals surface area contributed by atoms with Crippen molar-refractivity contribution in [3.8, 4) is 6.07 Å². The molecule has 6 nitrogen and oxygen atoms in total. The van der Waals surface area contributed by atoms with Gasteiger partial charge in [-0.15, -0.1) is 0 Å². The number of sulfonamides is 1. The van der Waals surface area contributed by atoms with Crippen LogP contribution in [0.3, 0.4) is 0 Å². The van der Waals surface area contributed by atoms with E-state index >= 15 is 0 Å². The second-order valence-corrected chi connectivity index (χ2v) is 8.82. The maximum Gasteiger partial charge on any atom is 0.243 e. The van der Waals surface area contributed by atoms with Gasteiger partial charge in [-0.3, -0.25) is 0 Å². The van der Waals surface area contributed by atoms with Crippen LogP contribution in [0.2, 0.25) is 0 Å². The SMILES string of the molecule is CC(C)C(O)=C(C#N)C(=S)Nc1ccc(S(=O)(=O)N2CCCCC2)cc1. The summed E-state index contributed by atoms with van der Waals surface area (Å²) in [7, 11) is -3.48. The highest BCUT2D eigenvalue weighted by molar-refractivity contribution is 7.89. The Kier molecular flexibility index (Phi) is 6.75. The lowest BCUT2D eigenvalue weighted by Crippen LogP contribution is -2.35. The topological polar surface area (TPSA) is 93.4 Å². The zero-order valence-corrected chi connectivity index (χ0v) is 16.5. The van der Waals surface area contributed by atoms with Gasteiger partial charge in [-0.05, 0) is 37.1 Å². The Hall–Kier alpha value is -1.95. The number of benzene rings is 1. The number of anilines is 1. The van der Waals surface area contributed by atoms with Crippen LogP contribution < -0.4 is 5.32 Å². The van der Waals surface area contributed by atoms with E-state index in [1.807, 2.05) is 6.07 Å². The Morgan fingerprint density at radius 1 is 1.23 bits per heavy atom.